The lowest BCUT2D eigenvalue weighted by molar-refractivity contribution is 0.416. The Hall–Kier alpha value is -3.14. The van der Waals surface area contributed by atoms with E-state index < -0.39 is 0 Å². The number of ether oxygens (including phenoxy) is 1. The Kier molecular flexibility index (Phi) is 4.57. The summed E-state index contributed by atoms with van der Waals surface area (Å²) in [6.07, 6.45) is 3.73. The van der Waals surface area contributed by atoms with Gasteiger partial charge in [-0.15, -0.1) is 0 Å². The molecule has 2 aromatic heterocycles. The van der Waals surface area contributed by atoms with Crippen LogP contribution in [0, 0.1) is 0 Å². The van der Waals surface area contributed by atoms with Crippen molar-refractivity contribution in [3.05, 3.63) is 84.6 Å². The Morgan fingerprint density at radius 1 is 1.12 bits per heavy atom. The molecule has 3 rings (SSSR count). The summed E-state index contributed by atoms with van der Waals surface area (Å²) in [6, 6.07) is 17.6. The van der Waals surface area contributed by atoms with Gasteiger partial charge in [-0.3, -0.25) is 4.98 Å². The molecule has 1 aromatic carbocycles. The van der Waals surface area contributed by atoms with E-state index in [2.05, 4.69) is 16.6 Å². The molecule has 0 N–H and O–H groups in total. The number of aromatic nitrogens is 2. The summed E-state index contributed by atoms with van der Waals surface area (Å²) in [4.78, 5) is 8.99. The fraction of sp³-hybridized carbons (Fsp3) is 0.100. The highest BCUT2D eigenvalue weighted by molar-refractivity contribution is 5.73. The third-order valence-electron chi connectivity index (χ3n) is 3.75. The summed E-state index contributed by atoms with van der Waals surface area (Å²) < 4.78 is 7.49. The molecule has 0 radical (unpaired) electrons. The average molecular weight is 317 g/mol. The Labute approximate surface area is 141 Å². The number of nitrogens with zero attached hydrogens (tertiary/aromatic N) is 3. The highest BCUT2D eigenvalue weighted by Crippen LogP contribution is 2.31. The van der Waals surface area contributed by atoms with Crippen molar-refractivity contribution in [2.24, 2.45) is 12.0 Å². The topological polar surface area (TPSA) is 39.4 Å². The molecule has 0 unspecified atom stereocenters. The molecule has 120 valence electrons. The minimum absolute atomic E-state index is 0.683. The molecule has 0 aliphatic heterocycles. The SMILES string of the molecule is C=C(N=c1ccccn1C)c1ccc(-c2ccccn2)c(OC)c1. The number of hydrogen-bond acceptors (Lipinski definition) is 3. The fourth-order valence-electron chi connectivity index (χ4n) is 2.44. The summed E-state index contributed by atoms with van der Waals surface area (Å²) in [6.45, 7) is 4.09. The summed E-state index contributed by atoms with van der Waals surface area (Å²) in [5.74, 6) is 0.750. The van der Waals surface area contributed by atoms with E-state index in [1.54, 1.807) is 13.3 Å². The molecule has 3 aromatic rings. The van der Waals surface area contributed by atoms with Crippen LogP contribution in [0.4, 0.5) is 0 Å². The fourth-order valence-corrected chi connectivity index (χ4v) is 2.44. The van der Waals surface area contributed by atoms with Gasteiger partial charge in [-0.25, -0.2) is 4.99 Å². The Morgan fingerprint density at radius 3 is 2.67 bits per heavy atom. The van der Waals surface area contributed by atoms with E-state index in [-0.39, 0.29) is 0 Å². The molecule has 24 heavy (non-hydrogen) atoms. The second-order valence-electron chi connectivity index (χ2n) is 5.36. The van der Waals surface area contributed by atoms with Crippen LogP contribution in [0.2, 0.25) is 0 Å². The first kappa shape index (κ1) is 15.7. The van der Waals surface area contributed by atoms with Gasteiger partial charge in [-0.05, 0) is 36.4 Å². The molecular formula is C20H19N3O. The number of rotatable bonds is 4. The van der Waals surface area contributed by atoms with Crippen LogP contribution in [-0.2, 0) is 7.05 Å². The summed E-state index contributed by atoms with van der Waals surface area (Å²) in [5, 5.41) is 0. The van der Waals surface area contributed by atoms with Crippen molar-refractivity contribution in [1.29, 1.82) is 0 Å². The summed E-state index contributed by atoms with van der Waals surface area (Å²) in [5.41, 5.74) is 4.26. The Balaban J connectivity index is 2.00. The second-order valence-corrected chi connectivity index (χ2v) is 5.36. The van der Waals surface area contributed by atoms with Crippen LogP contribution in [0.25, 0.3) is 17.0 Å². The first-order chi connectivity index (χ1) is 11.7. The number of aryl methyl sites for hydroxylation is 1. The second kappa shape index (κ2) is 6.96. The van der Waals surface area contributed by atoms with Crippen molar-refractivity contribution < 1.29 is 4.74 Å². The highest BCUT2D eigenvalue weighted by Gasteiger charge is 2.09. The molecular weight excluding hydrogens is 298 g/mol. The molecule has 4 nitrogen and oxygen atoms in total. The zero-order valence-electron chi connectivity index (χ0n) is 13.8. The standard InChI is InChI=1S/C20H19N3O/c1-15(22-20-9-5-7-13-23(20)2)16-10-11-17(19(14-16)24-3)18-8-4-6-12-21-18/h4-14H,1H2,2-3H3. The van der Waals surface area contributed by atoms with Crippen LogP contribution < -0.4 is 10.2 Å². The van der Waals surface area contributed by atoms with Crippen molar-refractivity contribution in [3.8, 4) is 17.0 Å². The van der Waals surface area contributed by atoms with Crippen molar-refractivity contribution in [2.45, 2.75) is 0 Å². The Morgan fingerprint density at radius 2 is 1.96 bits per heavy atom. The largest absolute Gasteiger partial charge is 0.496 e. The summed E-state index contributed by atoms with van der Waals surface area (Å²) >= 11 is 0. The van der Waals surface area contributed by atoms with Gasteiger partial charge in [-0.1, -0.05) is 24.8 Å². The van der Waals surface area contributed by atoms with E-state index in [4.69, 9.17) is 4.74 Å². The van der Waals surface area contributed by atoms with Crippen LogP contribution in [0.1, 0.15) is 5.56 Å². The lowest BCUT2D eigenvalue weighted by atomic mass is 10.1. The maximum atomic E-state index is 5.54. The van der Waals surface area contributed by atoms with Gasteiger partial charge in [0.2, 0.25) is 0 Å². The van der Waals surface area contributed by atoms with Crippen molar-refractivity contribution >= 4 is 5.70 Å². The molecule has 0 bridgehead atoms. The van der Waals surface area contributed by atoms with Crippen LogP contribution >= 0.6 is 0 Å². The van der Waals surface area contributed by atoms with E-state index in [0.717, 1.165) is 28.1 Å². The zero-order valence-corrected chi connectivity index (χ0v) is 13.8. The number of benzene rings is 1. The van der Waals surface area contributed by atoms with E-state index >= 15 is 0 Å². The third-order valence-corrected chi connectivity index (χ3v) is 3.75. The highest BCUT2D eigenvalue weighted by atomic mass is 16.5. The Bertz CT molecular complexity index is 927. The van der Waals surface area contributed by atoms with Gasteiger partial charge < -0.3 is 9.30 Å². The van der Waals surface area contributed by atoms with Gasteiger partial charge in [0.1, 0.15) is 11.2 Å². The molecule has 2 heterocycles. The average Bonchev–Trinajstić information content (AvgIpc) is 2.63. The van der Waals surface area contributed by atoms with E-state index in [1.807, 2.05) is 72.4 Å². The van der Waals surface area contributed by atoms with Crippen LogP contribution in [0.5, 0.6) is 5.75 Å². The first-order valence-electron chi connectivity index (χ1n) is 7.64. The van der Waals surface area contributed by atoms with Crippen molar-refractivity contribution in [1.82, 2.24) is 9.55 Å². The first-order valence-corrected chi connectivity index (χ1v) is 7.64. The minimum Gasteiger partial charge on any atom is -0.496 e. The number of hydrogen-bond donors (Lipinski definition) is 0. The van der Waals surface area contributed by atoms with Crippen LogP contribution in [0.15, 0.2) is 78.6 Å². The molecule has 0 amide bonds. The van der Waals surface area contributed by atoms with E-state index in [9.17, 15) is 0 Å². The maximum Gasteiger partial charge on any atom is 0.132 e. The molecule has 0 fully saturated rings. The van der Waals surface area contributed by atoms with Gasteiger partial charge in [-0.2, -0.15) is 0 Å². The minimum atomic E-state index is 0.683. The van der Waals surface area contributed by atoms with Crippen LogP contribution in [0.3, 0.4) is 0 Å². The molecule has 0 spiro atoms. The predicted octanol–water partition coefficient (Wildman–Crippen LogP) is 3.67. The molecule has 0 saturated carbocycles. The van der Waals surface area contributed by atoms with E-state index in [1.165, 1.54) is 0 Å². The van der Waals surface area contributed by atoms with Crippen LogP contribution in [-0.4, -0.2) is 16.7 Å². The number of methoxy groups -OCH3 is 1. The third kappa shape index (κ3) is 3.27. The monoisotopic (exact) mass is 317 g/mol. The normalized spacial score (nSPS) is 11.3. The van der Waals surface area contributed by atoms with Gasteiger partial charge >= 0.3 is 0 Å². The molecule has 0 atom stereocenters. The lowest BCUT2D eigenvalue weighted by Crippen LogP contribution is -2.15. The number of pyridine rings is 2. The zero-order chi connectivity index (χ0) is 16.9. The molecule has 0 aliphatic carbocycles. The molecule has 0 saturated heterocycles. The van der Waals surface area contributed by atoms with Gasteiger partial charge in [0, 0.05) is 30.6 Å². The smallest absolute Gasteiger partial charge is 0.132 e. The van der Waals surface area contributed by atoms with E-state index in [0.29, 0.717) is 5.70 Å². The lowest BCUT2D eigenvalue weighted by Gasteiger charge is -2.10. The van der Waals surface area contributed by atoms with Crippen molar-refractivity contribution in [3.63, 3.8) is 0 Å². The van der Waals surface area contributed by atoms with Gasteiger partial charge in [0.15, 0.2) is 0 Å². The van der Waals surface area contributed by atoms with Crippen molar-refractivity contribution in [2.75, 3.05) is 7.11 Å². The predicted molar refractivity (Wildman–Crippen MR) is 96.2 cm³/mol. The molecule has 4 heteroatoms. The van der Waals surface area contributed by atoms with Gasteiger partial charge in [0.05, 0.1) is 18.5 Å². The quantitative estimate of drug-likeness (QED) is 0.736. The maximum absolute atomic E-state index is 5.54. The summed E-state index contributed by atoms with van der Waals surface area (Å²) in [7, 11) is 3.61. The van der Waals surface area contributed by atoms with Gasteiger partial charge in [0.25, 0.3) is 0 Å². The molecule has 0 aliphatic rings.